The molecule has 0 radical (unpaired) electrons. The van der Waals surface area contributed by atoms with E-state index in [-0.39, 0.29) is 23.2 Å². The van der Waals surface area contributed by atoms with E-state index in [0.717, 1.165) is 49.3 Å². The van der Waals surface area contributed by atoms with Gasteiger partial charge in [-0.2, -0.15) is 13.2 Å². The van der Waals surface area contributed by atoms with E-state index >= 15 is 0 Å². The first kappa shape index (κ1) is 17.1. The maximum absolute atomic E-state index is 12.7. The summed E-state index contributed by atoms with van der Waals surface area (Å²) < 4.78 is 38.1. The van der Waals surface area contributed by atoms with Crippen LogP contribution in [0.15, 0.2) is 18.2 Å². The number of carbonyl (C=O) groups excluding carboxylic acids is 1. The Labute approximate surface area is 131 Å². The quantitative estimate of drug-likeness (QED) is 0.697. The maximum atomic E-state index is 12.7. The minimum absolute atomic E-state index is 0.000596. The average Bonchev–Trinajstić information content (AvgIpc) is 2.42. The first-order valence-corrected chi connectivity index (χ1v) is 7.45. The number of piperazine rings is 1. The van der Waals surface area contributed by atoms with Gasteiger partial charge in [-0.1, -0.05) is 11.6 Å². The highest BCUT2D eigenvalue weighted by Gasteiger charge is 2.31. The highest BCUT2D eigenvalue weighted by Crippen LogP contribution is 2.33. The van der Waals surface area contributed by atoms with Gasteiger partial charge in [0, 0.05) is 0 Å². The number of amides is 1. The van der Waals surface area contributed by atoms with Crippen LogP contribution in [0.25, 0.3) is 0 Å². The molecule has 4 nitrogen and oxygen atoms in total. The van der Waals surface area contributed by atoms with Gasteiger partial charge in [0.25, 0.3) is 5.91 Å². The van der Waals surface area contributed by atoms with Crippen LogP contribution in [0.5, 0.6) is 0 Å². The van der Waals surface area contributed by atoms with E-state index in [4.69, 9.17) is 11.6 Å². The molecule has 0 aliphatic carbocycles. The molecule has 1 heterocycles. The molecule has 1 aliphatic heterocycles. The Morgan fingerprint density at radius 1 is 1.27 bits per heavy atom. The standard InChI is InChI=1S/C14H17ClF3N3O/c1-20-4-6-21(7-5-20)9-13(22)19-12-8-10(14(16,17)18)2-3-11(12)15/h2-3,8H,4-7,9H2,1H3,(H,19,22)/p+2. The second kappa shape index (κ2) is 6.85. The number of alkyl halides is 3. The minimum atomic E-state index is -4.46. The Balaban J connectivity index is 1.99. The molecule has 1 aromatic carbocycles. The van der Waals surface area contributed by atoms with E-state index in [1.165, 1.54) is 4.90 Å². The largest absolute Gasteiger partial charge is 0.416 e. The number of hydrogen-bond donors (Lipinski definition) is 3. The van der Waals surface area contributed by atoms with Crippen LogP contribution in [-0.4, -0.2) is 45.7 Å². The maximum Gasteiger partial charge on any atom is 0.416 e. The van der Waals surface area contributed by atoms with Crippen molar-refractivity contribution in [2.45, 2.75) is 6.18 Å². The van der Waals surface area contributed by atoms with Crippen molar-refractivity contribution in [3.8, 4) is 0 Å². The van der Waals surface area contributed by atoms with Gasteiger partial charge in [0.2, 0.25) is 0 Å². The van der Waals surface area contributed by atoms with Crippen molar-refractivity contribution in [2.24, 2.45) is 0 Å². The highest BCUT2D eigenvalue weighted by atomic mass is 35.5. The zero-order valence-corrected chi connectivity index (χ0v) is 12.9. The highest BCUT2D eigenvalue weighted by molar-refractivity contribution is 6.33. The molecule has 0 bridgehead atoms. The smallest absolute Gasteiger partial charge is 0.328 e. The lowest BCUT2D eigenvalue weighted by Crippen LogP contribution is -3.27. The van der Waals surface area contributed by atoms with Gasteiger partial charge in [-0.3, -0.25) is 4.79 Å². The lowest BCUT2D eigenvalue weighted by atomic mass is 10.2. The molecule has 0 aromatic heterocycles. The molecule has 1 amide bonds. The minimum Gasteiger partial charge on any atom is -0.328 e. The Morgan fingerprint density at radius 2 is 1.91 bits per heavy atom. The van der Waals surface area contributed by atoms with Crippen molar-refractivity contribution >= 4 is 23.2 Å². The summed E-state index contributed by atoms with van der Waals surface area (Å²) in [5, 5.41) is 2.58. The van der Waals surface area contributed by atoms with Gasteiger partial charge < -0.3 is 15.1 Å². The van der Waals surface area contributed by atoms with Crippen LogP contribution in [0, 0.1) is 0 Å². The normalized spacial score (nSPS) is 22.4. The summed E-state index contributed by atoms with van der Waals surface area (Å²) >= 11 is 5.86. The van der Waals surface area contributed by atoms with Crippen LogP contribution in [0.1, 0.15) is 5.56 Å². The van der Waals surface area contributed by atoms with Crippen molar-refractivity contribution < 1.29 is 27.8 Å². The van der Waals surface area contributed by atoms with E-state index in [0.29, 0.717) is 0 Å². The van der Waals surface area contributed by atoms with E-state index in [1.807, 2.05) is 0 Å². The van der Waals surface area contributed by atoms with Gasteiger partial charge in [0.1, 0.15) is 26.2 Å². The zero-order chi connectivity index (χ0) is 16.3. The Bertz CT molecular complexity index is 543. The summed E-state index contributed by atoms with van der Waals surface area (Å²) in [6.45, 7) is 3.94. The number of rotatable bonds is 3. The summed E-state index contributed by atoms with van der Waals surface area (Å²) in [7, 11) is 2.10. The fourth-order valence-electron chi connectivity index (χ4n) is 2.43. The van der Waals surface area contributed by atoms with E-state index in [9.17, 15) is 18.0 Å². The molecule has 1 aliphatic rings. The molecular formula is C14H19ClF3N3O+2. The van der Waals surface area contributed by atoms with Gasteiger partial charge in [0.15, 0.2) is 6.54 Å². The van der Waals surface area contributed by atoms with Crippen molar-refractivity contribution in [1.82, 2.24) is 0 Å². The zero-order valence-electron chi connectivity index (χ0n) is 12.2. The Kier molecular flexibility index (Phi) is 5.31. The van der Waals surface area contributed by atoms with Crippen molar-refractivity contribution in [3.63, 3.8) is 0 Å². The lowest BCUT2D eigenvalue weighted by Gasteiger charge is -2.26. The third-order valence-corrected chi connectivity index (χ3v) is 4.12. The molecule has 122 valence electrons. The molecule has 8 heteroatoms. The molecule has 3 N–H and O–H groups in total. The second-order valence-corrected chi connectivity index (χ2v) is 6.03. The van der Waals surface area contributed by atoms with E-state index in [2.05, 4.69) is 12.4 Å². The fourth-order valence-corrected chi connectivity index (χ4v) is 2.59. The van der Waals surface area contributed by atoms with Crippen LogP contribution in [0.2, 0.25) is 5.02 Å². The van der Waals surface area contributed by atoms with Crippen LogP contribution < -0.4 is 15.1 Å². The molecule has 0 saturated carbocycles. The van der Waals surface area contributed by atoms with Gasteiger partial charge in [-0.05, 0) is 18.2 Å². The summed E-state index contributed by atoms with van der Waals surface area (Å²) in [5.74, 6) is -0.323. The molecule has 2 rings (SSSR count). The first-order valence-electron chi connectivity index (χ1n) is 7.07. The van der Waals surface area contributed by atoms with Gasteiger partial charge in [0.05, 0.1) is 23.3 Å². The Morgan fingerprint density at radius 3 is 2.50 bits per heavy atom. The van der Waals surface area contributed by atoms with E-state index in [1.54, 1.807) is 0 Å². The average molecular weight is 338 g/mol. The fraction of sp³-hybridized carbons (Fsp3) is 0.500. The second-order valence-electron chi connectivity index (χ2n) is 5.62. The number of carbonyl (C=O) groups is 1. The number of benzene rings is 1. The lowest BCUT2D eigenvalue weighted by molar-refractivity contribution is -0.999. The molecule has 0 spiro atoms. The summed E-state index contributed by atoms with van der Waals surface area (Å²) in [6, 6.07) is 2.91. The third kappa shape index (κ3) is 4.59. The molecule has 0 unspecified atom stereocenters. The van der Waals surface area contributed by atoms with Gasteiger partial charge in [-0.15, -0.1) is 0 Å². The van der Waals surface area contributed by atoms with Gasteiger partial charge in [-0.25, -0.2) is 0 Å². The monoisotopic (exact) mass is 337 g/mol. The number of anilines is 1. The van der Waals surface area contributed by atoms with Crippen LogP contribution in [0.4, 0.5) is 18.9 Å². The summed E-state index contributed by atoms with van der Waals surface area (Å²) in [6.07, 6.45) is -4.46. The molecular weight excluding hydrogens is 319 g/mol. The number of hydrogen-bond acceptors (Lipinski definition) is 1. The first-order chi connectivity index (χ1) is 10.3. The summed E-state index contributed by atoms with van der Waals surface area (Å²) in [5.41, 5.74) is -0.830. The van der Waals surface area contributed by atoms with Gasteiger partial charge >= 0.3 is 6.18 Å². The topological polar surface area (TPSA) is 38.0 Å². The molecule has 1 saturated heterocycles. The van der Waals surface area contributed by atoms with Crippen molar-refractivity contribution in [3.05, 3.63) is 28.8 Å². The molecule has 1 aromatic rings. The predicted molar refractivity (Wildman–Crippen MR) is 77.3 cm³/mol. The predicted octanol–water partition coefficient (Wildman–Crippen LogP) is -0.289. The van der Waals surface area contributed by atoms with E-state index < -0.39 is 11.7 Å². The molecule has 22 heavy (non-hydrogen) atoms. The van der Waals surface area contributed by atoms with Crippen molar-refractivity contribution in [1.29, 1.82) is 0 Å². The Hall–Kier alpha value is -1.31. The number of halogens is 4. The molecule has 0 atom stereocenters. The number of nitrogens with one attached hydrogen (secondary N) is 3. The number of likely N-dealkylation sites (N-methyl/N-ethyl adjacent to an activating group) is 1. The summed E-state index contributed by atoms with van der Waals surface area (Å²) in [4.78, 5) is 14.5. The molecule has 1 fully saturated rings. The number of quaternary nitrogens is 2. The van der Waals surface area contributed by atoms with Crippen LogP contribution in [-0.2, 0) is 11.0 Å². The van der Waals surface area contributed by atoms with Crippen LogP contribution in [0.3, 0.4) is 0 Å². The van der Waals surface area contributed by atoms with Crippen molar-refractivity contribution in [2.75, 3.05) is 45.1 Å². The third-order valence-electron chi connectivity index (χ3n) is 3.79. The van der Waals surface area contributed by atoms with Crippen LogP contribution >= 0.6 is 11.6 Å². The SMILES string of the molecule is C[NH+]1CC[NH+](CC(=O)Nc2cc(C(F)(F)F)ccc2Cl)CC1.